The van der Waals surface area contributed by atoms with Crippen molar-refractivity contribution in [2.75, 3.05) is 28.1 Å². The predicted molar refractivity (Wildman–Crippen MR) is 68.8 cm³/mol. The molecule has 1 aromatic carbocycles. The third-order valence-corrected chi connectivity index (χ3v) is 2.65. The van der Waals surface area contributed by atoms with Crippen molar-refractivity contribution in [2.24, 2.45) is 0 Å². The maximum atomic E-state index is 11.5. The second kappa shape index (κ2) is 7.73. The number of nitrogens with one attached hydrogen (secondary N) is 1. The average molecular weight is 269 g/mol. The molecule has 0 spiro atoms. The summed E-state index contributed by atoms with van der Waals surface area (Å²) < 4.78 is 14.6. The van der Waals surface area contributed by atoms with Crippen molar-refractivity contribution >= 4 is 5.97 Å². The highest BCUT2D eigenvalue weighted by Crippen LogP contribution is 2.21. The number of carbonyl (C=O) groups excluding carboxylic acids is 1. The van der Waals surface area contributed by atoms with Crippen molar-refractivity contribution in [1.29, 1.82) is 0 Å². The van der Waals surface area contributed by atoms with Crippen LogP contribution >= 0.6 is 0 Å². The van der Waals surface area contributed by atoms with E-state index in [9.17, 15) is 9.90 Å². The molecule has 0 amide bonds. The maximum Gasteiger partial charge on any atom is 0.325 e. The summed E-state index contributed by atoms with van der Waals surface area (Å²) in [5.41, 5.74) is 0.592. The molecular weight excluding hydrogens is 250 g/mol. The summed E-state index contributed by atoms with van der Waals surface area (Å²) in [5, 5.41) is 12.8. The molecule has 0 aliphatic rings. The van der Waals surface area contributed by atoms with Gasteiger partial charge in [0.1, 0.15) is 17.9 Å². The molecule has 0 fully saturated rings. The first-order chi connectivity index (χ1) is 9.13. The van der Waals surface area contributed by atoms with Gasteiger partial charge in [-0.2, -0.15) is 0 Å². The van der Waals surface area contributed by atoms with Gasteiger partial charge in [-0.05, 0) is 24.7 Å². The van der Waals surface area contributed by atoms with Crippen LogP contribution in [0.1, 0.15) is 11.7 Å². The lowest BCUT2D eigenvalue weighted by Gasteiger charge is -2.20. The van der Waals surface area contributed by atoms with Gasteiger partial charge in [-0.25, -0.2) is 0 Å². The molecule has 1 rings (SSSR count). The van der Waals surface area contributed by atoms with E-state index in [0.29, 0.717) is 11.3 Å². The van der Waals surface area contributed by atoms with E-state index in [2.05, 4.69) is 10.1 Å². The fourth-order valence-corrected chi connectivity index (χ4v) is 1.61. The van der Waals surface area contributed by atoms with Crippen molar-refractivity contribution < 1.29 is 24.1 Å². The van der Waals surface area contributed by atoms with Crippen LogP contribution in [0, 0.1) is 0 Å². The Bertz CT molecular complexity index is 393. The predicted octanol–water partition coefficient (Wildman–Crippen LogP) is 0.464. The van der Waals surface area contributed by atoms with E-state index in [1.54, 1.807) is 31.3 Å². The molecule has 2 N–H and O–H groups in total. The Morgan fingerprint density at radius 2 is 1.95 bits per heavy atom. The molecule has 0 unspecified atom stereocenters. The Labute approximate surface area is 112 Å². The highest BCUT2D eigenvalue weighted by atomic mass is 16.7. The van der Waals surface area contributed by atoms with Gasteiger partial charge in [0, 0.05) is 7.11 Å². The van der Waals surface area contributed by atoms with E-state index >= 15 is 0 Å². The molecular formula is C13H19NO5. The van der Waals surface area contributed by atoms with E-state index < -0.39 is 18.1 Å². The maximum absolute atomic E-state index is 11.5. The summed E-state index contributed by atoms with van der Waals surface area (Å²) in [6.45, 7) is 0.156. The Hall–Kier alpha value is -1.63. The number of ether oxygens (including phenoxy) is 3. The molecule has 0 bridgehead atoms. The average Bonchev–Trinajstić information content (AvgIpc) is 2.46. The minimum atomic E-state index is -0.992. The fraction of sp³-hybridized carbons (Fsp3) is 0.462. The largest absolute Gasteiger partial charge is 0.468 e. The lowest BCUT2D eigenvalue weighted by Crippen LogP contribution is -2.40. The lowest BCUT2D eigenvalue weighted by atomic mass is 10.0. The van der Waals surface area contributed by atoms with Gasteiger partial charge in [0.2, 0.25) is 0 Å². The highest BCUT2D eigenvalue weighted by Gasteiger charge is 2.27. The molecule has 0 aliphatic carbocycles. The van der Waals surface area contributed by atoms with Gasteiger partial charge in [-0.1, -0.05) is 12.1 Å². The summed E-state index contributed by atoms with van der Waals surface area (Å²) in [7, 11) is 4.40. The van der Waals surface area contributed by atoms with Crippen molar-refractivity contribution in [3.8, 4) is 5.75 Å². The Morgan fingerprint density at radius 3 is 2.42 bits per heavy atom. The van der Waals surface area contributed by atoms with Crippen molar-refractivity contribution in [3.63, 3.8) is 0 Å². The SMILES string of the molecule is CN[C@@H](C(=O)OC)[C@@H](O)c1ccc(OCOC)cc1. The van der Waals surface area contributed by atoms with Crippen LogP contribution in [-0.4, -0.2) is 45.2 Å². The minimum Gasteiger partial charge on any atom is -0.468 e. The molecule has 1 aromatic rings. The number of hydrogen-bond donors (Lipinski definition) is 2. The van der Waals surface area contributed by atoms with Crippen LogP contribution in [0.15, 0.2) is 24.3 Å². The van der Waals surface area contributed by atoms with Gasteiger partial charge in [0.05, 0.1) is 7.11 Å². The number of aliphatic hydroxyl groups is 1. The van der Waals surface area contributed by atoms with Gasteiger partial charge in [0.15, 0.2) is 6.79 Å². The van der Waals surface area contributed by atoms with E-state index in [1.807, 2.05) is 0 Å². The van der Waals surface area contributed by atoms with Gasteiger partial charge >= 0.3 is 5.97 Å². The summed E-state index contributed by atoms with van der Waals surface area (Å²) in [5.74, 6) is 0.103. The second-order valence-corrected chi connectivity index (χ2v) is 3.85. The molecule has 6 nitrogen and oxygen atoms in total. The van der Waals surface area contributed by atoms with Crippen LogP contribution in [0.25, 0.3) is 0 Å². The number of hydrogen-bond acceptors (Lipinski definition) is 6. The minimum absolute atomic E-state index is 0.156. The number of carbonyl (C=O) groups is 1. The first kappa shape index (κ1) is 15.4. The fourth-order valence-electron chi connectivity index (χ4n) is 1.61. The van der Waals surface area contributed by atoms with Crippen LogP contribution < -0.4 is 10.1 Å². The summed E-state index contributed by atoms with van der Waals surface area (Å²) >= 11 is 0. The molecule has 0 aliphatic heterocycles. The van der Waals surface area contributed by atoms with Crippen LogP contribution in [-0.2, 0) is 14.3 Å². The van der Waals surface area contributed by atoms with Crippen LogP contribution in [0.5, 0.6) is 5.75 Å². The zero-order valence-electron chi connectivity index (χ0n) is 11.3. The summed E-state index contributed by atoms with van der Waals surface area (Å²) in [6, 6.07) is 5.95. The second-order valence-electron chi connectivity index (χ2n) is 3.85. The van der Waals surface area contributed by atoms with Gasteiger partial charge in [0.25, 0.3) is 0 Å². The first-order valence-corrected chi connectivity index (χ1v) is 5.79. The smallest absolute Gasteiger partial charge is 0.325 e. The molecule has 6 heteroatoms. The standard InChI is InChI=1S/C13H19NO5/c1-14-11(13(16)18-3)12(15)9-4-6-10(7-5-9)19-8-17-2/h4-7,11-12,14-15H,8H2,1-3H3/t11-,12+/m1/s1. The third-order valence-electron chi connectivity index (χ3n) is 2.65. The molecule has 19 heavy (non-hydrogen) atoms. The number of methoxy groups -OCH3 is 2. The van der Waals surface area contributed by atoms with Crippen LogP contribution in [0.4, 0.5) is 0 Å². The molecule has 0 aromatic heterocycles. The zero-order chi connectivity index (χ0) is 14.3. The van der Waals surface area contributed by atoms with E-state index in [4.69, 9.17) is 9.47 Å². The highest BCUT2D eigenvalue weighted by molar-refractivity contribution is 5.76. The van der Waals surface area contributed by atoms with Gasteiger partial charge in [-0.15, -0.1) is 0 Å². The molecule has 106 valence electrons. The lowest BCUT2D eigenvalue weighted by molar-refractivity contribution is -0.146. The Balaban J connectivity index is 2.75. The van der Waals surface area contributed by atoms with E-state index in [1.165, 1.54) is 14.2 Å². The number of rotatable bonds is 7. The normalized spacial score (nSPS) is 13.7. The van der Waals surface area contributed by atoms with E-state index in [0.717, 1.165) is 0 Å². The number of aliphatic hydroxyl groups excluding tert-OH is 1. The van der Waals surface area contributed by atoms with Crippen molar-refractivity contribution in [1.82, 2.24) is 5.32 Å². The van der Waals surface area contributed by atoms with Gasteiger partial charge in [-0.3, -0.25) is 4.79 Å². The van der Waals surface area contributed by atoms with Crippen molar-refractivity contribution in [3.05, 3.63) is 29.8 Å². The Kier molecular flexibility index (Phi) is 6.27. The molecule has 0 saturated carbocycles. The van der Waals surface area contributed by atoms with Crippen molar-refractivity contribution in [2.45, 2.75) is 12.1 Å². The zero-order valence-corrected chi connectivity index (χ0v) is 11.3. The number of benzene rings is 1. The molecule has 0 radical (unpaired) electrons. The Morgan fingerprint density at radius 1 is 1.32 bits per heavy atom. The number of likely N-dealkylation sites (N-methyl/N-ethyl adjacent to an activating group) is 1. The van der Waals surface area contributed by atoms with Crippen LogP contribution in [0.3, 0.4) is 0 Å². The molecule has 0 saturated heterocycles. The monoisotopic (exact) mass is 269 g/mol. The summed E-state index contributed by atoms with van der Waals surface area (Å²) in [4.78, 5) is 11.5. The quantitative estimate of drug-likeness (QED) is 0.553. The topological polar surface area (TPSA) is 77.0 Å². The first-order valence-electron chi connectivity index (χ1n) is 5.79. The number of esters is 1. The van der Waals surface area contributed by atoms with Gasteiger partial charge < -0.3 is 24.6 Å². The molecule has 2 atom stereocenters. The summed E-state index contributed by atoms with van der Waals surface area (Å²) in [6.07, 6.45) is -0.992. The molecule has 0 heterocycles. The van der Waals surface area contributed by atoms with Crippen LogP contribution in [0.2, 0.25) is 0 Å². The van der Waals surface area contributed by atoms with E-state index in [-0.39, 0.29) is 6.79 Å². The third kappa shape index (κ3) is 4.20.